The van der Waals surface area contributed by atoms with Crippen LogP contribution in [0.2, 0.25) is 0 Å². The minimum atomic E-state index is -5.99. The Morgan fingerprint density at radius 1 is 0.722 bits per heavy atom. The summed E-state index contributed by atoms with van der Waals surface area (Å²) in [6, 6.07) is 10.0. The van der Waals surface area contributed by atoms with Gasteiger partial charge in [0, 0.05) is 24.9 Å². The van der Waals surface area contributed by atoms with Crippen LogP contribution in [0.5, 0.6) is 0 Å². The Balaban J connectivity index is 1.07. The van der Waals surface area contributed by atoms with E-state index in [9.17, 15) is 57.8 Å². The van der Waals surface area contributed by atoms with Crippen molar-refractivity contribution >= 4 is 46.1 Å². The van der Waals surface area contributed by atoms with Gasteiger partial charge in [0.25, 0.3) is 11.1 Å². The van der Waals surface area contributed by atoms with Crippen LogP contribution in [0.25, 0.3) is 0 Å². The molecule has 0 aliphatic carbocycles. The molecule has 54 heavy (non-hydrogen) atoms. The number of hydrogen-bond donors (Lipinski definition) is 7. The topological polar surface area (TPSA) is 336 Å². The molecule has 0 spiro atoms. The van der Waals surface area contributed by atoms with Gasteiger partial charge in [-0.15, -0.1) is 0 Å². The molecule has 3 saturated heterocycles. The molecule has 3 aliphatic heterocycles. The van der Waals surface area contributed by atoms with E-state index in [-0.39, 0.29) is 9.99 Å². The molecule has 12 atom stereocenters. The fraction of sp³-hybridized carbons (Fsp3) is 0.462. The third-order valence-electron chi connectivity index (χ3n) is 8.03. The van der Waals surface area contributed by atoms with Gasteiger partial charge in [-0.05, 0) is 28.2 Å². The van der Waals surface area contributed by atoms with Gasteiger partial charge in [-0.1, -0.05) is 30.3 Å². The van der Waals surface area contributed by atoms with Crippen molar-refractivity contribution in [1.82, 2.24) is 19.1 Å². The van der Waals surface area contributed by atoms with Crippen LogP contribution in [0.15, 0.2) is 68.0 Å². The van der Waals surface area contributed by atoms with Crippen LogP contribution >= 0.6 is 46.1 Å². The van der Waals surface area contributed by atoms with Gasteiger partial charge in [0.1, 0.15) is 36.6 Å². The SMILES string of the molecule is O=c1ccn([C@@H]2O[C@H](COP(=O)(O)OP(=O)(O)OP(=O)(O)OC[C@H]3O[C@@H](n4cc(I)c(=O)[nH]c4=O)[C@H](O)[C@@H]3O)[C@H]3OC(Cc4ccccc4)O[C@H]32)c(=O)[nH]1. The quantitative estimate of drug-likeness (QED) is 0.0747. The maximum absolute atomic E-state index is 12.7. The first-order valence-corrected chi connectivity index (χ1v) is 20.9. The zero-order chi connectivity index (χ0) is 39.2. The molecule has 24 nitrogen and oxygen atoms in total. The highest BCUT2D eigenvalue weighted by Gasteiger charge is 2.55. The molecular weight excluding hydrogens is 908 g/mol. The molecule has 0 amide bonds. The van der Waals surface area contributed by atoms with Gasteiger partial charge in [0.2, 0.25) is 0 Å². The second-order valence-corrected chi connectivity index (χ2v) is 17.5. The number of hydrogen-bond acceptors (Lipinski definition) is 17. The van der Waals surface area contributed by atoms with Crippen LogP contribution in [0, 0.1) is 3.57 Å². The van der Waals surface area contributed by atoms with Crippen molar-refractivity contribution in [3.8, 4) is 0 Å². The van der Waals surface area contributed by atoms with Crippen molar-refractivity contribution in [3.05, 3.63) is 99.6 Å². The Hall–Kier alpha value is -2.52. The van der Waals surface area contributed by atoms with Crippen molar-refractivity contribution in [3.63, 3.8) is 0 Å². The lowest BCUT2D eigenvalue weighted by molar-refractivity contribution is -0.150. The molecule has 3 aromatic rings. The lowest BCUT2D eigenvalue weighted by atomic mass is 10.1. The summed E-state index contributed by atoms with van der Waals surface area (Å²) in [7, 11) is -17.3. The number of benzene rings is 1. The predicted octanol–water partition coefficient (Wildman–Crippen LogP) is -1.07. The zero-order valence-electron chi connectivity index (χ0n) is 26.9. The van der Waals surface area contributed by atoms with E-state index in [1.54, 1.807) is 52.9 Å². The van der Waals surface area contributed by atoms with Crippen molar-refractivity contribution in [2.75, 3.05) is 13.2 Å². The molecule has 1 aromatic carbocycles. The number of aromatic nitrogens is 4. The third kappa shape index (κ3) is 9.53. The highest BCUT2D eigenvalue weighted by atomic mass is 127. The van der Waals surface area contributed by atoms with Gasteiger partial charge >= 0.3 is 34.8 Å². The summed E-state index contributed by atoms with van der Waals surface area (Å²) in [5.74, 6) is 0. The number of aliphatic hydroxyl groups excluding tert-OH is 2. The summed E-state index contributed by atoms with van der Waals surface area (Å²) in [4.78, 5) is 82.4. The van der Waals surface area contributed by atoms with Crippen molar-refractivity contribution < 1.29 is 75.2 Å². The summed E-state index contributed by atoms with van der Waals surface area (Å²) >= 11 is 1.59. The van der Waals surface area contributed by atoms with E-state index in [1.807, 2.05) is 4.98 Å². The third-order valence-corrected chi connectivity index (χ3v) is 13.0. The first-order valence-electron chi connectivity index (χ1n) is 15.4. The number of rotatable bonds is 14. The monoisotopic (exact) mass is 938 g/mol. The highest BCUT2D eigenvalue weighted by molar-refractivity contribution is 14.1. The molecule has 4 unspecified atom stereocenters. The van der Waals surface area contributed by atoms with E-state index >= 15 is 0 Å². The number of nitrogens with zero attached hydrogens (tertiary/aromatic N) is 2. The van der Waals surface area contributed by atoms with E-state index < -0.39 is 115 Å². The van der Waals surface area contributed by atoms with Gasteiger partial charge in [-0.2, -0.15) is 8.62 Å². The van der Waals surface area contributed by atoms with Crippen LogP contribution < -0.4 is 22.5 Å². The number of phosphoric acid groups is 3. The number of ether oxygens (including phenoxy) is 4. The number of aliphatic hydroxyl groups is 2. The van der Waals surface area contributed by atoms with E-state index in [4.69, 9.17) is 23.5 Å². The standard InChI is InChI=1S/C26H30IN4O20P3/c27-13-9-31(26(37)29-22(13)35)23-19(34)18(33)14(46-23)10-44-52(38,39)50-54(42,43)51-53(40,41)45-11-15-20-21(24(47-15)30-7-6-16(32)28-25(30)36)49-17(48-20)8-12-4-2-1-3-5-12/h1-7,9,14-15,17-21,23-24,33-34H,8,10-11H2,(H,38,39)(H,40,41)(H,42,43)(H,28,32,36)(H,29,35,37)/t14-,15-,17?,18-,19-,20-,21-,23-,24-/m1/s1. The van der Waals surface area contributed by atoms with Gasteiger partial charge in [0.15, 0.2) is 18.7 Å². The zero-order valence-corrected chi connectivity index (χ0v) is 31.8. The van der Waals surface area contributed by atoms with Gasteiger partial charge in [-0.25, -0.2) is 23.3 Å². The second-order valence-electron chi connectivity index (χ2n) is 11.8. The molecule has 0 radical (unpaired) electrons. The summed E-state index contributed by atoms with van der Waals surface area (Å²) in [6.45, 7) is -2.02. The molecule has 0 bridgehead atoms. The lowest BCUT2D eigenvalue weighted by Gasteiger charge is -2.22. The van der Waals surface area contributed by atoms with E-state index in [1.165, 1.54) is 0 Å². The molecule has 28 heteroatoms. The fourth-order valence-corrected chi connectivity index (χ4v) is 9.65. The molecule has 7 N–H and O–H groups in total. The maximum Gasteiger partial charge on any atom is 0.490 e. The van der Waals surface area contributed by atoms with Crippen LogP contribution in [-0.4, -0.2) is 100 Å². The molecule has 6 rings (SSSR count). The Bertz CT molecular complexity index is 2230. The summed E-state index contributed by atoms with van der Waals surface area (Å²) in [5, 5.41) is 20.7. The van der Waals surface area contributed by atoms with E-state index in [2.05, 4.69) is 18.1 Å². The number of aromatic amines is 2. The first-order chi connectivity index (χ1) is 25.3. The number of phosphoric ester groups is 2. The Kier molecular flexibility index (Phi) is 12.3. The number of halogens is 1. The number of nitrogens with one attached hydrogen (secondary N) is 2. The molecule has 0 saturated carbocycles. The van der Waals surface area contributed by atoms with E-state index in [0.717, 1.165) is 33.2 Å². The normalized spacial score (nSPS) is 31.4. The van der Waals surface area contributed by atoms with Crippen LogP contribution in [-0.2, 0) is 56.7 Å². The number of fused-ring (bicyclic) bond motifs is 1. The Morgan fingerprint density at radius 3 is 1.96 bits per heavy atom. The van der Waals surface area contributed by atoms with Crippen molar-refractivity contribution in [2.45, 2.75) is 61.8 Å². The average Bonchev–Trinajstić information content (AvgIpc) is 3.72. The van der Waals surface area contributed by atoms with Gasteiger partial charge in [0.05, 0.1) is 16.8 Å². The minimum absolute atomic E-state index is 0.00877. The van der Waals surface area contributed by atoms with Crippen LogP contribution in [0.1, 0.15) is 18.0 Å². The molecule has 5 heterocycles. The van der Waals surface area contributed by atoms with E-state index in [0.29, 0.717) is 0 Å². The van der Waals surface area contributed by atoms with Crippen LogP contribution in [0.3, 0.4) is 0 Å². The fourth-order valence-electron chi connectivity index (χ4n) is 5.69. The molecular formula is C26H30IN4O20P3. The second kappa shape index (κ2) is 16.1. The number of H-pyrrole nitrogens is 2. The summed E-state index contributed by atoms with van der Waals surface area (Å²) in [6.07, 6.45) is -10.1. The molecule has 296 valence electrons. The summed E-state index contributed by atoms with van der Waals surface area (Å²) in [5.41, 5.74) is -2.52. The van der Waals surface area contributed by atoms with Crippen molar-refractivity contribution in [1.29, 1.82) is 0 Å². The van der Waals surface area contributed by atoms with Crippen molar-refractivity contribution in [2.24, 2.45) is 0 Å². The lowest BCUT2D eigenvalue weighted by Crippen LogP contribution is -2.38. The highest BCUT2D eigenvalue weighted by Crippen LogP contribution is 2.68. The van der Waals surface area contributed by atoms with Gasteiger partial charge in [-0.3, -0.25) is 37.7 Å². The first kappa shape index (κ1) is 41.1. The molecule has 2 aromatic heterocycles. The minimum Gasteiger partial charge on any atom is -0.387 e. The Morgan fingerprint density at radius 2 is 1.31 bits per heavy atom. The molecule has 3 aliphatic rings. The summed E-state index contributed by atoms with van der Waals surface area (Å²) < 4.78 is 80.3. The Labute approximate surface area is 314 Å². The predicted molar refractivity (Wildman–Crippen MR) is 182 cm³/mol. The maximum atomic E-state index is 12.7. The smallest absolute Gasteiger partial charge is 0.387 e. The van der Waals surface area contributed by atoms with Gasteiger partial charge < -0.3 is 43.8 Å². The average molecular weight is 938 g/mol. The van der Waals surface area contributed by atoms with Crippen LogP contribution in [0.4, 0.5) is 0 Å². The molecule has 3 fully saturated rings. The largest absolute Gasteiger partial charge is 0.490 e.